The second kappa shape index (κ2) is 5.70. The number of H-pyrrole nitrogens is 1. The van der Waals surface area contributed by atoms with Crippen LogP contribution in [0.3, 0.4) is 0 Å². The van der Waals surface area contributed by atoms with Crippen LogP contribution in [-0.4, -0.2) is 27.2 Å². The molecule has 0 radical (unpaired) electrons. The van der Waals surface area contributed by atoms with Gasteiger partial charge in [-0.25, -0.2) is 0 Å². The van der Waals surface area contributed by atoms with Crippen molar-refractivity contribution in [3.8, 4) is 11.3 Å². The van der Waals surface area contributed by atoms with E-state index >= 15 is 0 Å². The van der Waals surface area contributed by atoms with Crippen molar-refractivity contribution < 1.29 is 0 Å². The minimum atomic E-state index is 0.579. The molecule has 2 unspecified atom stereocenters. The summed E-state index contributed by atoms with van der Waals surface area (Å²) in [4.78, 5) is 0. The Morgan fingerprint density at radius 3 is 3.11 bits per heavy atom. The third kappa shape index (κ3) is 2.95. The fraction of sp³-hybridized carbons (Fsp3) is 0.400. The van der Waals surface area contributed by atoms with Crippen LogP contribution in [0.2, 0.25) is 0 Å². The standard InChI is InChI=1S/C15H19N3S/c1-11-14(6-3-9-19-11)17-13-5-2-4-12(10-13)15-7-8-16-18-15/h2,4-5,7-8,10-11,14,17H,3,6,9H2,1H3,(H,16,18). The zero-order chi connectivity index (χ0) is 13.1. The lowest BCUT2D eigenvalue weighted by atomic mass is 10.1. The SMILES string of the molecule is CC1SCCCC1Nc1cccc(-c2ccn[nH]2)c1. The van der Waals surface area contributed by atoms with E-state index in [0.29, 0.717) is 11.3 Å². The number of aromatic amines is 1. The highest BCUT2D eigenvalue weighted by Gasteiger charge is 2.21. The maximum Gasteiger partial charge on any atom is 0.0650 e. The van der Waals surface area contributed by atoms with Crippen molar-refractivity contribution >= 4 is 17.4 Å². The highest BCUT2D eigenvalue weighted by atomic mass is 32.2. The molecule has 3 nitrogen and oxygen atoms in total. The van der Waals surface area contributed by atoms with Gasteiger partial charge in [-0.3, -0.25) is 5.10 Å². The highest BCUT2D eigenvalue weighted by Crippen LogP contribution is 2.28. The van der Waals surface area contributed by atoms with Gasteiger partial charge in [-0.1, -0.05) is 19.1 Å². The molecule has 2 N–H and O–H groups in total. The zero-order valence-corrected chi connectivity index (χ0v) is 11.9. The van der Waals surface area contributed by atoms with Gasteiger partial charge in [-0.2, -0.15) is 16.9 Å². The van der Waals surface area contributed by atoms with Crippen molar-refractivity contribution in [1.29, 1.82) is 0 Å². The van der Waals surface area contributed by atoms with Gasteiger partial charge >= 0.3 is 0 Å². The van der Waals surface area contributed by atoms with Crippen molar-refractivity contribution in [1.82, 2.24) is 10.2 Å². The number of nitrogens with zero attached hydrogens (tertiary/aromatic N) is 1. The summed E-state index contributed by atoms with van der Waals surface area (Å²) in [5, 5.41) is 11.4. The molecular weight excluding hydrogens is 254 g/mol. The Hall–Kier alpha value is -1.42. The number of hydrogen-bond acceptors (Lipinski definition) is 3. The number of hydrogen-bond donors (Lipinski definition) is 2. The van der Waals surface area contributed by atoms with Gasteiger partial charge in [-0.15, -0.1) is 0 Å². The molecule has 1 aliphatic rings. The summed E-state index contributed by atoms with van der Waals surface area (Å²) < 4.78 is 0. The van der Waals surface area contributed by atoms with E-state index in [4.69, 9.17) is 0 Å². The molecule has 1 aromatic carbocycles. The lowest BCUT2D eigenvalue weighted by Crippen LogP contribution is -2.32. The van der Waals surface area contributed by atoms with Crippen LogP contribution in [0.4, 0.5) is 5.69 Å². The zero-order valence-electron chi connectivity index (χ0n) is 11.1. The molecule has 0 bridgehead atoms. The Morgan fingerprint density at radius 1 is 1.37 bits per heavy atom. The fourth-order valence-corrected chi connectivity index (χ4v) is 3.66. The van der Waals surface area contributed by atoms with Gasteiger partial charge in [0.1, 0.15) is 0 Å². The molecule has 1 fully saturated rings. The Balaban J connectivity index is 1.76. The number of rotatable bonds is 3. The molecule has 0 spiro atoms. The lowest BCUT2D eigenvalue weighted by Gasteiger charge is -2.30. The first-order chi connectivity index (χ1) is 9.33. The van der Waals surface area contributed by atoms with Gasteiger partial charge in [0.15, 0.2) is 0 Å². The number of anilines is 1. The maximum absolute atomic E-state index is 4.01. The van der Waals surface area contributed by atoms with Crippen LogP contribution in [0, 0.1) is 0 Å². The van der Waals surface area contributed by atoms with E-state index in [9.17, 15) is 0 Å². The van der Waals surface area contributed by atoms with Crippen LogP contribution in [0.1, 0.15) is 19.8 Å². The lowest BCUT2D eigenvalue weighted by molar-refractivity contribution is 0.617. The summed E-state index contributed by atoms with van der Waals surface area (Å²) in [5.41, 5.74) is 3.44. The number of thioether (sulfide) groups is 1. The number of nitrogens with one attached hydrogen (secondary N) is 2. The predicted octanol–water partition coefficient (Wildman–Crippen LogP) is 3.77. The van der Waals surface area contributed by atoms with Crippen molar-refractivity contribution in [3.05, 3.63) is 36.5 Å². The van der Waals surface area contributed by atoms with Crippen molar-refractivity contribution in [3.63, 3.8) is 0 Å². The minimum Gasteiger partial charge on any atom is -0.381 e. The van der Waals surface area contributed by atoms with E-state index in [1.165, 1.54) is 29.8 Å². The van der Waals surface area contributed by atoms with E-state index in [-0.39, 0.29) is 0 Å². The molecule has 1 saturated heterocycles. The van der Waals surface area contributed by atoms with Gasteiger partial charge in [0, 0.05) is 28.7 Å². The number of benzene rings is 1. The van der Waals surface area contributed by atoms with Crippen molar-refractivity contribution in [2.45, 2.75) is 31.1 Å². The van der Waals surface area contributed by atoms with Gasteiger partial charge in [0.25, 0.3) is 0 Å². The van der Waals surface area contributed by atoms with E-state index < -0.39 is 0 Å². The first kappa shape index (κ1) is 12.6. The van der Waals surface area contributed by atoms with Crippen LogP contribution in [-0.2, 0) is 0 Å². The molecule has 0 saturated carbocycles. The molecule has 1 aromatic heterocycles. The van der Waals surface area contributed by atoms with Crippen LogP contribution in [0.15, 0.2) is 36.5 Å². The second-order valence-electron chi connectivity index (χ2n) is 5.02. The average molecular weight is 273 g/mol. The molecule has 4 heteroatoms. The topological polar surface area (TPSA) is 40.7 Å². The Labute approximate surface area is 118 Å². The smallest absolute Gasteiger partial charge is 0.0650 e. The van der Waals surface area contributed by atoms with E-state index in [0.717, 1.165) is 5.69 Å². The van der Waals surface area contributed by atoms with E-state index in [1.807, 2.05) is 6.07 Å². The summed E-state index contributed by atoms with van der Waals surface area (Å²) in [6.07, 6.45) is 4.37. The third-order valence-electron chi connectivity index (χ3n) is 3.63. The first-order valence-corrected chi connectivity index (χ1v) is 7.86. The van der Waals surface area contributed by atoms with Gasteiger partial charge in [0.05, 0.1) is 5.69 Å². The summed E-state index contributed by atoms with van der Waals surface area (Å²) in [7, 11) is 0. The maximum atomic E-state index is 4.01. The predicted molar refractivity (Wildman–Crippen MR) is 82.6 cm³/mol. The Kier molecular flexibility index (Phi) is 3.78. The monoisotopic (exact) mass is 273 g/mol. The van der Waals surface area contributed by atoms with Crippen LogP contribution in [0.25, 0.3) is 11.3 Å². The number of aromatic nitrogens is 2. The van der Waals surface area contributed by atoms with Crippen molar-refractivity contribution in [2.75, 3.05) is 11.1 Å². The largest absolute Gasteiger partial charge is 0.381 e. The van der Waals surface area contributed by atoms with Gasteiger partial charge in [0.2, 0.25) is 0 Å². The van der Waals surface area contributed by atoms with E-state index in [2.05, 4.69) is 58.5 Å². The minimum absolute atomic E-state index is 0.579. The molecule has 2 heterocycles. The van der Waals surface area contributed by atoms with Gasteiger partial charge in [-0.05, 0) is 36.8 Å². The Bertz CT molecular complexity index is 524. The molecule has 100 valence electrons. The van der Waals surface area contributed by atoms with Crippen LogP contribution in [0.5, 0.6) is 0 Å². The summed E-state index contributed by atoms with van der Waals surface area (Å²) in [6, 6.07) is 11.1. The highest BCUT2D eigenvalue weighted by molar-refractivity contribution is 8.00. The molecule has 1 aliphatic heterocycles. The second-order valence-corrected chi connectivity index (χ2v) is 6.51. The molecule has 2 aromatic rings. The quantitative estimate of drug-likeness (QED) is 0.894. The molecule has 0 aliphatic carbocycles. The fourth-order valence-electron chi connectivity index (χ4n) is 2.52. The van der Waals surface area contributed by atoms with Crippen LogP contribution >= 0.6 is 11.8 Å². The Morgan fingerprint density at radius 2 is 2.32 bits per heavy atom. The summed E-state index contributed by atoms with van der Waals surface area (Å²) >= 11 is 2.07. The molecule has 19 heavy (non-hydrogen) atoms. The van der Waals surface area contributed by atoms with E-state index in [1.54, 1.807) is 6.20 Å². The average Bonchev–Trinajstić information content (AvgIpc) is 2.96. The van der Waals surface area contributed by atoms with Gasteiger partial charge < -0.3 is 5.32 Å². The molecule has 2 atom stereocenters. The van der Waals surface area contributed by atoms with Crippen molar-refractivity contribution in [2.24, 2.45) is 0 Å². The third-order valence-corrected chi connectivity index (χ3v) is 5.01. The van der Waals surface area contributed by atoms with Crippen LogP contribution < -0.4 is 5.32 Å². The summed E-state index contributed by atoms with van der Waals surface area (Å²) in [5.74, 6) is 1.30. The molecule has 3 rings (SSSR count). The first-order valence-electron chi connectivity index (χ1n) is 6.81. The normalized spacial score (nSPS) is 23.2. The molecular formula is C15H19N3S. The summed E-state index contributed by atoms with van der Waals surface area (Å²) in [6.45, 7) is 2.32. The molecule has 0 amide bonds.